The molecule has 0 aliphatic carbocycles. The molecule has 190 valence electrons. The fraction of sp³-hybridized carbons (Fsp3) is 0.435. The number of nitrogens with zero attached hydrogens (tertiary/aromatic N) is 1. The van der Waals surface area contributed by atoms with Gasteiger partial charge in [-0.05, 0) is 68.8 Å². The summed E-state index contributed by atoms with van der Waals surface area (Å²) in [6.45, 7) is 5.01. The average molecular weight is 616 g/mol. The summed E-state index contributed by atoms with van der Waals surface area (Å²) in [7, 11) is 0. The molecule has 0 aromatic heterocycles. The number of hydrogen-bond acceptors (Lipinski definition) is 6. The molecular formula is C23H28Br2N4O6. The van der Waals surface area contributed by atoms with Gasteiger partial charge in [0.15, 0.2) is 0 Å². The summed E-state index contributed by atoms with van der Waals surface area (Å²) in [5.41, 5.74) is 1.22. The molecule has 0 saturated carbocycles. The second-order valence-electron chi connectivity index (χ2n) is 8.36. The Morgan fingerprint density at radius 1 is 0.943 bits per heavy atom. The number of anilines is 1. The number of aliphatic hydroxyl groups is 1. The Hall–Kier alpha value is -2.57. The number of hydrogen-bond donors (Lipinski definition) is 4. The van der Waals surface area contributed by atoms with Crippen molar-refractivity contribution in [3.63, 3.8) is 0 Å². The van der Waals surface area contributed by atoms with E-state index in [4.69, 9.17) is 5.11 Å². The molecule has 1 aliphatic heterocycles. The van der Waals surface area contributed by atoms with Gasteiger partial charge in [0, 0.05) is 18.7 Å². The Morgan fingerprint density at radius 3 is 2.03 bits per heavy atom. The Morgan fingerprint density at radius 2 is 1.51 bits per heavy atom. The molecule has 1 aromatic rings. The van der Waals surface area contributed by atoms with Crippen LogP contribution in [0.2, 0.25) is 0 Å². The minimum Gasteiger partial charge on any atom is -0.392 e. The summed E-state index contributed by atoms with van der Waals surface area (Å²) in [4.78, 5) is 62.8. The van der Waals surface area contributed by atoms with Gasteiger partial charge >= 0.3 is 0 Å². The van der Waals surface area contributed by atoms with Crippen molar-refractivity contribution < 1.29 is 29.1 Å². The van der Waals surface area contributed by atoms with E-state index >= 15 is 0 Å². The summed E-state index contributed by atoms with van der Waals surface area (Å²) >= 11 is 6.10. The van der Waals surface area contributed by atoms with Crippen LogP contribution in [0.5, 0.6) is 0 Å². The average Bonchev–Trinajstić information content (AvgIpc) is 3.00. The summed E-state index contributed by atoms with van der Waals surface area (Å²) in [5, 5.41) is 17.1. The van der Waals surface area contributed by atoms with Crippen LogP contribution in [0.4, 0.5) is 5.69 Å². The molecule has 2 atom stereocenters. The molecule has 10 nitrogen and oxygen atoms in total. The van der Waals surface area contributed by atoms with E-state index in [0.717, 1.165) is 4.90 Å². The molecule has 5 amide bonds. The highest BCUT2D eigenvalue weighted by Gasteiger charge is 2.35. The molecular weight excluding hydrogens is 588 g/mol. The van der Waals surface area contributed by atoms with Crippen LogP contribution in [-0.4, -0.2) is 58.2 Å². The largest absolute Gasteiger partial charge is 0.392 e. The number of halogens is 2. The lowest BCUT2D eigenvalue weighted by atomic mass is 10.0. The molecule has 12 heteroatoms. The number of aliphatic hydroxyl groups excluding tert-OH is 1. The minimum atomic E-state index is -0.874. The first-order valence-corrected chi connectivity index (χ1v) is 12.6. The van der Waals surface area contributed by atoms with Crippen molar-refractivity contribution in [3.05, 3.63) is 38.8 Å². The van der Waals surface area contributed by atoms with E-state index in [-0.39, 0.29) is 40.9 Å². The zero-order valence-electron chi connectivity index (χ0n) is 19.6. The number of rotatable bonds is 11. The van der Waals surface area contributed by atoms with Crippen molar-refractivity contribution in [2.75, 3.05) is 11.9 Å². The number of amides is 5. The van der Waals surface area contributed by atoms with Gasteiger partial charge in [-0.1, -0.05) is 26.0 Å². The molecule has 4 N–H and O–H groups in total. The number of benzene rings is 1. The third kappa shape index (κ3) is 7.71. The molecule has 0 saturated heterocycles. The Balaban J connectivity index is 1.85. The maximum Gasteiger partial charge on any atom is 0.269 e. The number of nitrogens with one attached hydrogen (secondary N) is 3. The van der Waals surface area contributed by atoms with Gasteiger partial charge in [-0.25, -0.2) is 0 Å². The van der Waals surface area contributed by atoms with Crippen LogP contribution in [-0.2, 0) is 30.6 Å². The van der Waals surface area contributed by atoms with Crippen molar-refractivity contribution in [1.29, 1.82) is 0 Å². The molecule has 1 aliphatic rings. The standard InChI is InChI=1S/C23H28Br2N4O6/c1-12(2)19(28-16(31)5-4-10-29-22(34)17(24)18(25)23(29)35)21(33)26-13(3)20(32)27-15-8-6-14(11-30)7-9-15/h6-9,12-13,19,30H,4-5,10-11H2,1-3H3,(H,26,33)(H,27,32)(H,28,31)/t13-,19-/m0/s1. The lowest BCUT2D eigenvalue weighted by molar-refractivity contribution is -0.137. The van der Waals surface area contributed by atoms with Crippen LogP contribution in [0.25, 0.3) is 0 Å². The second kappa shape index (κ2) is 12.9. The first-order chi connectivity index (χ1) is 16.5. The fourth-order valence-corrected chi connectivity index (χ4v) is 3.98. The molecule has 0 unspecified atom stereocenters. The van der Waals surface area contributed by atoms with E-state index in [1.807, 2.05) is 0 Å². The van der Waals surface area contributed by atoms with Gasteiger partial charge < -0.3 is 21.1 Å². The van der Waals surface area contributed by atoms with E-state index in [1.54, 1.807) is 38.1 Å². The summed E-state index contributed by atoms with van der Waals surface area (Å²) in [6, 6.07) is 4.90. The van der Waals surface area contributed by atoms with Crippen LogP contribution >= 0.6 is 31.9 Å². The highest BCUT2D eigenvalue weighted by Crippen LogP contribution is 2.29. The van der Waals surface area contributed by atoms with Crippen LogP contribution in [0.3, 0.4) is 0 Å². The van der Waals surface area contributed by atoms with E-state index < -0.39 is 41.6 Å². The van der Waals surface area contributed by atoms with E-state index in [1.165, 1.54) is 6.92 Å². The van der Waals surface area contributed by atoms with E-state index in [2.05, 4.69) is 47.8 Å². The molecule has 1 heterocycles. The number of carbonyl (C=O) groups is 5. The first kappa shape index (κ1) is 28.7. The smallest absolute Gasteiger partial charge is 0.269 e. The van der Waals surface area contributed by atoms with Crippen molar-refractivity contribution in [2.24, 2.45) is 5.92 Å². The van der Waals surface area contributed by atoms with Gasteiger partial charge in [-0.15, -0.1) is 0 Å². The quantitative estimate of drug-likeness (QED) is 0.280. The second-order valence-corrected chi connectivity index (χ2v) is 9.94. The predicted molar refractivity (Wildman–Crippen MR) is 136 cm³/mol. The maximum atomic E-state index is 12.8. The third-order valence-electron chi connectivity index (χ3n) is 5.27. The van der Waals surface area contributed by atoms with Gasteiger partial charge in [0.25, 0.3) is 11.8 Å². The van der Waals surface area contributed by atoms with Gasteiger partial charge in [-0.3, -0.25) is 28.9 Å². The molecule has 0 bridgehead atoms. The number of carbonyl (C=O) groups excluding carboxylic acids is 5. The van der Waals surface area contributed by atoms with Crippen molar-refractivity contribution in [2.45, 2.75) is 52.3 Å². The molecule has 0 spiro atoms. The van der Waals surface area contributed by atoms with Crippen LogP contribution in [0.15, 0.2) is 33.2 Å². The zero-order valence-corrected chi connectivity index (χ0v) is 22.7. The molecule has 2 rings (SSSR count). The van der Waals surface area contributed by atoms with E-state index in [9.17, 15) is 24.0 Å². The Labute approximate surface area is 220 Å². The monoisotopic (exact) mass is 614 g/mol. The normalized spacial score (nSPS) is 15.3. The van der Waals surface area contributed by atoms with Crippen LogP contribution in [0, 0.1) is 5.92 Å². The molecule has 1 aromatic carbocycles. The van der Waals surface area contributed by atoms with Crippen molar-refractivity contribution in [1.82, 2.24) is 15.5 Å². The summed E-state index contributed by atoms with van der Waals surface area (Å²) in [5.74, 6) is -2.55. The zero-order chi connectivity index (χ0) is 26.3. The van der Waals surface area contributed by atoms with Gasteiger partial charge in [-0.2, -0.15) is 0 Å². The number of imide groups is 1. The predicted octanol–water partition coefficient (Wildman–Crippen LogP) is 1.91. The third-order valence-corrected chi connectivity index (χ3v) is 7.27. The van der Waals surface area contributed by atoms with Crippen LogP contribution in [0.1, 0.15) is 39.2 Å². The molecule has 0 radical (unpaired) electrons. The first-order valence-electron chi connectivity index (χ1n) is 11.0. The van der Waals surface area contributed by atoms with Crippen molar-refractivity contribution in [3.8, 4) is 0 Å². The lowest BCUT2D eigenvalue weighted by Gasteiger charge is -2.24. The van der Waals surface area contributed by atoms with E-state index in [0.29, 0.717) is 11.3 Å². The highest BCUT2D eigenvalue weighted by atomic mass is 79.9. The van der Waals surface area contributed by atoms with Gasteiger partial charge in [0.05, 0.1) is 6.61 Å². The summed E-state index contributed by atoms with van der Waals surface area (Å²) in [6.07, 6.45) is 0.229. The highest BCUT2D eigenvalue weighted by molar-refractivity contribution is 9.14. The van der Waals surface area contributed by atoms with Crippen molar-refractivity contribution >= 4 is 67.1 Å². The SMILES string of the molecule is CC(C)[C@H](NC(=O)CCCN1C(=O)C(Br)=C(Br)C1=O)C(=O)N[C@@H](C)C(=O)Nc1ccc(CO)cc1. The summed E-state index contributed by atoms with van der Waals surface area (Å²) < 4.78 is 0.285. The van der Waals surface area contributed by atoms with Gasteiger partial charge in [0.2, 0.25) is 17.7 Å². The maximum absolute atomic E-state index is 12.8. The Bertz CT molecular complexity index is 1000. The Kier molecular flexibility index (Phi) is 10.6. The minimum absolute atomic E-state index is 0.00265. The van der Waals surface area contributed by atoms with Crippen LogP contribution < -0.4 is 16.0 Å². The lowest BCUT2D eigenvalue weighted by Crippen LogP contribution is -2.53. The molecule has 0 fully saturated rings. The van der Waals surface area contributed by atoms with Gasteiger partial charge in [0.1, 0.15) is 21.0 Å². The fourth-order valence-electron chi connectivity index (χ4n) is 3.21. The topological polar surface area (TPSA) is 145 Å². The molecule has 35 heavy (non-hydrogen) atoms.